The lowest BCUT2D eigenvalue weighted by Gasteiger charge is -2.05. The highest BCUT2D eigenvalue weighted by molar-refractivity contribution is 7.89. The zero-order chi connectivity index (χ0) is 14.1. The van der Waals surface area contributed by atoms with E-state index in [0.29, 0.717) is 0 Å². The maximum atomic E-state index is 11.5. The zero-order valence-electron chi connectivity index (χ0n) is 8.98. The van der Waals surface area contributed by atoms with Crippen molar-refractivity contribution in [2.75, 3.05) is 0 Å². The molecule has 18 heavy (non-hydrogen) atoms. The Hall–Kier alpha value is -2.11. The summed E-state index contributed by atoms with van der Waals surface area (Å²) in [5, 5.41) is 21.5. The molecule has 1 rings (SSSR count). The van der Waals surface area contributed by atoms with Gasteiger partial charge in [0.15, 0.2) is 0 Å². The molecule has 0 bridgehead atoms. The lowest BCUT2D eigenvalue weighted by molar-refractivity contribution is -0.399. The van der Waals surface area contributed by atoms with E-state index in [4.69, 9.17) is 5.84 Å². The fourth-order valence-corrected chi connectivity index (χ4v) is 2.28. The number of nitrogens with one attached hydrogen (secondary N) is 1. The van der Waals surface area contributed by atoms with Crippen LogP contribution in [0.2, 0.25) is 0 Å². The molecule has 0 aromatic heterocycles. The minimum Gasteiger partial charge on any atom is -0.258 e. The van der Waals surface area contributed by atoms with Crippen molar-refractivity contribution in [3.8, 4) is 0 Å². The molecule has 1 aromatic carbocycles. The van der Waals surface area contributed by atoms with E-state index in [1.165, 1.54) is 11.8 Å². The molecule has 98 valence electrons. The van der Waals surface area contributed by atoms with Crippen LogP contribution in [-0.4, -0.2) is 18.3 Å². The number of nitrogens with zero attached hydrogens (tertiary/aromatic N) is 2. The van der Waals surface area contributed by atoms with Crippen molar-refractivity contribution >= 4 is 21.4 Å². The molecule has 0 radical (unpaired) electrons. The van der Waals surface area contributed by atoms with Gasteiger partial charge in [0.1, 0.15) is 0 Å². The number of hydrogen-bond donors (Lipinski definition) is 2. The smallest absolute Gasteiger partial charge is 0.258 e. The van der Waals surface area contributed by atoms with Crippen LogP contribution in [0.3, 0.4) is 0 Å². The molecule has 0 aliphatic heterocycles. The van der Waals surface area contributed by atoms with Gasteiger partial charge in [-0.25, -0.2) is 8.42 Å². The predicted molar refractivity (Wildman–Crippen MR) is 59.0 cm³/mol. The van der Waals surface area contributed by atoms with Gasteiger partial charge in [0.2, 0.25) is 4.90 Å². The second kappa shape index (κ2) is 4.64. The SMILES string of the molecule is Cc1cc([N+](=O)[O-])c(S(=O)(=O)NN)c([N+](=O)[O-])c1. The third-order valence-electron chi connectivity index (χ3n) is 2.01. The van der Waals surface area contributed by atoms with E-state index >= 15 is 0 Å². The molecule has 11 heteroatoms. The van der Waals surface area contributed by atoms with Gasteiger partial charge in [0.25, 0.3) is 21.4 Å². The van der Waals surface area contributed by atoms with E-state index in [0.717, 1.165) is 12.1 Å². The summed E-state index contributed by atoms with van der Waals surface area (Å²) in [6, 6.07) is 1.83. The molecule has 0 amide bonds. The monoisotopic (exact) mass is 276 g/mol. The van der Waals surface area contributed by atoms with Crippen molar-refractivity contribution in [2.45, 2.75) is 11.8 Å². The summed E-state index contributed by atoms with van der Waals surface area (Å²) in [6.45, 7) is 1.37. The van der Waals surface area contributed by atoms with E-state index in [9.17, 15) is 28.6 Å². The summed E-state index contributed by atoms with van der Waals surface area (Å²) in [5.41, 5.74) is -1.62. The van der Waals surface area contributed by atoms with Crippen molar-refractivity contribution in [3.05, 3.63) is 37.9 Å². The van der Waals surface area contributed by atoms with Crippen molar-refractivity contribution in [1.29, 1.82) is 0 Å². The zero-order valence-corrected chi connectivity index (χ0v) is 9.80. The average molecular weight is 276 g/mol. The molecular weight excluding hydrogens is 268 g/mol. The molecule has 0 aliphatic rings. The molecule has 0 atom stereocenters. The number of hydrazine groups is 1. The second-order valence-corrected chi connectivity index (χ2v) is 4.92. The first-order chi connectivity index (χ1) is 8.20. The number of hydrogen-bond acceptors (Lipinski definition) is 7. The van der Waals surface area contributed by atoms with Gasteiger partial charge in [-0.2, -0.15) is 0 Å². The van der Waals surface area contributed by atoms with Gasteiger partial charge in [-0.15, -0.1) is 4.83 Å². The third-order valence-corrected chi connectivity index (χ3v) is 3.28. The molecule has 0 aliphatic carbocycles. The maximum Gasteiger partial charge on any atom is 0.296 e. The number of aryl methyl sites for hydroxylation is 1. The third kappa shape index (κ3) is 2.42. The van der Waals surface area contributed by atoms with Crippen LogP contribution in [-0.2, 0) is 10.0 Å². The van der Waals surface area contributed by atoms with Crippen LogP contribution < -0.4 is 10.7 Å². The van der Waals surface area contributed by atoms with E-state index in [1.807, 2.05) is 0 Å². The number of nitrogens with two attached hydrogens (primary N) is 1. The van der Waals surface area contributed by atoms with Crippen LogP contribution in [0, 0.1) is 27.2 Å². The van der Waals surface area contributed by atoms with Crippen LogP contribution in [0.15, 0.2) is 17.0 Å². The van der Waals surface area contributed by atoms with Crippen LogP contribution in [0.1, 0.15) is 5.56 Å². The Morgan fingerprint density at radius 3 is 1.83 bits per heavy atom. The molecule has 0 unspecified atom stereocenters. The van der Waals surface area contributed by atoms with Gasteiger partial charge in [-0.3, -0.25) is 26.1 Å². The van der Waals surface area contributed by atoms with E-state index in [1.54, 1.807) is 0 Å². The highest BCUT2D eigenvalue weighted by atomic mass is 32.2. The molecule has 0 saturated carbocycles. The van der Waals surface area contributed by atoms with E-state index in [2.05, 4.69) is 0 Å². The molecule has 3 N–H and O–H groups in total. The quantitative estimate of drug-likeness (QED) is 0.443. The summed E-state index contributed by atoms with van der Waals surface area (Å²) < 4.78 is 23.0. The number of benzene rings is 1. The van der Waals surface area contributed by atoms with Gasteiger partial charge < -0.3 is 0 Å². The average Bonchev–Trinajstić information content (AvgIpc) is 2.27. The van der Waals surface area contributed by atoms with Crippen LogP contribution >= 0.6 is 0 Å². The summed E-state index contributed by atoms with van der Waals surface area (Å²) in [6.07, 6.45) is 0. The van der Waals surface area contributed by atoms with Crippen molar-refractivity contribution in [1.82, 2.24) is 4.83 Å². The Morgan fingerprint density at radius 2 is 1.56 bits per heavy atom. The van der Waals surface area contributed by atoms with E-state index < -0.39 is 36.1 Å². The number of sulfonamides is 1. The molecular formula is C7H8N4O6S. The summed E-state index contributed by atoms with van der Waals surface area (Å²) in [7, 11) is -4.52. The minimum atomic E-state index is -4.52. The topological polar surface area (TPSA) is 158 Å². The molecule has 0 spiro atoms. The largest absolute Gasteiger partial charge is 0.296 e. The summed E-state index contributed by atoms with van der Waals surface area (Å²) in [4.78, 5) is 19.7. The molecule has 0 fully saturated rings. The highest BCUT2D eigenvalue weighted by Gasteiger charge is 2.35. The van der Waals surface area contributed by atoms with Gasteiger partial charge in [-0.1, -0.05) is 0 Å². The van der Waals surface area contributed by atoms with Crippen molar-refractivity contribution in [2.24, 2.45) is 5.84 Å². The molecule has 10 nitrogen and oxygen atoms in total. The lowest BCUT2D eigenvalue weighted by atomic mass is 10.2. The second-order valence-electron chi connectivity index (χ2n) is 3.27. The van der Waals surface area contributed by atoms with Crippen LogP contribution in [0.25, 0.3) is 0 Å². The predicted octanol–water partition coefficient (Wildman–Crippen LogP) is -0.0366. The summed E-state index contributed by atoms with van der Waals surface area (Å²) in [5.74, 6) is 4.73. The standard InChI is InChI=1S/C7H8N4O6S/c1-4-2-5(10(12)13)7(18(16,17)9-8)6(3-4)11(14)15/h2-3,9H,8H2,1H3. The van der Waals surface area contributed by atoms with E-state index in [-0.39, 0.29) is 5.56 Å². The fourth-order valence-electron chi connectivity index (χ4n) is 1.34. The first-order valence-electron chi connectivity index (χ1n) is 4.36. The Labute approximate surface area is 101 Å². The highest BCUT2D eigenvalue weighted by Crippen LogP contribution is 2.33. The molecule has 0 saturated heterocycles. The van der Waals surface area contributed by atoms with Gasteiger partial charge in [0, 0.05) is 12.1 Å². The molecule has 1 aromatic rings. The Bertz CT molecular complexity index is 590. The Morgan fingerprint density at radius 1 is 1.17 bits per heavy atom. The first-order valence-corrected chi connectivity index (χ1v) is 5.85. The lowest BCUT2D eigenvalue weighted by Crippen LogP contribution is -2.31. The van der Waals surface area contributed by atoms with Crippen LogP contribution in [0.5, 0.6) is 0 Å². The normalized spacial score (nSPS) is 11.2. The van der Waals surface area contributed by atoms with Crippen molar-refractivity contribution < 1.29 is 18.3 Å². The summed E-state index contributed by atoms with van der Waals surface area (Å²) >= 11 is 0. The minimum absolute atomic E-state index is 0.185. The van der Waals surface area contributed by atoms with Gasteiger partial charge in [-0.05, 0) is 12.5 Å². The number of rotatable bonds is 4. The maximum absolute atomic E-state index is 11.5. The molecule has 0 heterocycles. The fraction of sp³-hybridized carbons (Fsp3) is 0.143. The Kier molecular flexibility index (Phi) is 3.59. The number of nitro benzene ring substituents is 2. The van der Waals surface area contributed by atoms with Gasteiger partial charge in [0.05, 0.1) is 9.85 Å². The van der Waals surface area contributed by atoms with Crippen molar-refractivity contribution in [3.63, 3.8) is 0 Å². The van der Waals surface area contributed by atoms with Crippen LogP contribution in [0.4, 0.5) is 11.4 Å². The number of nitro groups is 2. The van der Waals surface area contributed by atoms with Gasteiger partial charge >= 0.3 is 0 Å². The first kappa shape index (κ1) is 14.0. The Balaban J connectivity index is 3.84.